The van der Waals surface area contributed by atoms with E-state index in [1.54, 1.807) is 30.3 Å². The number of sulfonamides is 1. The standard InChI is InChI=1S/C25H22N4O6S/c1-28-12-13-35-20-7-2-16(14-19(20)28)23(30)21-22(15-8-10-27-11-9-15)29(25(32)24(21)31)17-3-5-18(6-4-17)36(26,33)34/h2-11,14,22,30H,12-13H2,1H3,(H2,26,33,34)/b23-21-. The minimum atomic E-state index is -3.95. The molecule has 2 aromatic carbocycles. The summed E-state index contributed by atoms with van der Waals surface area (Å²) in [4.78, 5) is 33.6. The van der Waals surface area contributed by atoms with Gasteiger partial charge in [0.2, 0.25) is 10.0 Å². The second-order valence-electron chi connectivity index (χ2n) is 8.44. The molecule has 3 heterocycles. The first-order valence-electron chi connectivity index (χ1n) is 11.0. The average molecular weight is 507 g/mol. The number of primary sulfonamides is 1. The minimum Gasteiger partial charge on any atom is -0.507 e. The fraction of sp³-hybridized carbons (Fsp3) is 0.160. The summed E-state index contributed by atoms with van der Waals surface area (Å²) in [6.07, 6.45) is 3.04. The third kappa shape index (κ3) is 3.97. The fourth-order valence-corrected chi connectivity index (χ4v) is 4.93. The predicted octanol–water partition coefficient (Wildman–Crippen LogP) is 2.18. The van der Waals surface area contributed by atoms with Crippen LogP contribution in [0.2, 0.25) is 0 Å². The number of hydrogen-bond donors (Lipinski definition) is 2. The Labute approximate surface area is 207 Å². The van der Waals surface area contributed by atoms with Gasteiger partial charge in [-0.2, -0.15) is 0 Å². The molecule has 11 heteroatoms. The first-order chi connectivity index (χ1) is 17.2. The van der Waals surface area contributed by atoms with Crippen molar-refractivity contribution in [2.45, 2.75) is 10.9 Å². The number of amides is 1. The van der Waals surface area contributed by atoms with Crippen LogP contribution in [0.5, 0.6) is 5.75 Å². The molecule has 5 rings (SSSR count). The maximum absolute atomic E-state index is 13.3. The number of anilines is 2. The molecule has 2 aliphatic heterocycles. The monoisotopic (exact) mass is 506 g/mol. The van der Waals surface area contributed by atoms with Crippen molar-refractivity contribution in [1.82, 2.24) is 4.98 Å². The molecule has 3 N–H and O–H groups in total. The Morgan fingerprint density at radius 2 is 1.78 bits per heavy atom. The fourth-order valence-electron chi connectivity index (χ4n) is 4.41. The summed E-state index contributed by atoms with van der Waals surface area (Å²) in [5.41, 5.74) is 1.82. The van der Waals surface area contributed by atoms with Crippen molar-refractivity contribution in [2.24, 2.45) is 5.14 Å². The van der Waals surface area contributed by atoms with Crippen LogP contribution in [0, 0.1) is 0 Å². The predicted molar refractivity (Wildman–Crippen MR) is 132 cm³/mol. The molecule has 36 heavy (non-hydrogen) atoms. The number of hydrogen-bond acceptors (Lipinski definition) is 8. The van der Waals surface area contributed by atoms with Crippen LogP contribution in [0.3, 0.4) is 0 Å². The van der Waals surface area contributed by atoms with Gasteiger partial charge in [-0.05, 0) is 60.2 Å². The summed E-state index contributed by atoms with van der Waals surface area (Å²) in [5.74, 6) is -1.41. The zero-order valence-electron chi connectivity index (χ0n) is 19.2. The second kappa shape index (κ2) is 8.77. The molecule has 3 aromatic rings. The van der Waals surface area contributed by atoms with E-state index < -0.39 is 27.8 Å². The first-order valence-corrected chi connectivity index (χ1v) is 12.5. The number of nitrogens with two attached hydrogens (primary N) is 1. The Kier molecular flexibility index (Phi) is 5.73. The van der Waals surface area contributed by atoms with E-state index in [1.165, 1.54) is 41.6 Å². The maximum Gasteiger partial charge on any atom is 0.300 e. The van der Waals surface area contributed by atoms with Gasteiger partial charge in [-0.25, -0.2) is 13.6 Å². The van der Waals surface area contributed by atoms with Crippen LogP contribution >= 0.6 is 0 Å². The Hall–Kier alpha value is -4.22. The van der Waals surface area contributed by atoms with Crippen molar-refractivity contribution in [1.29, 1.82) is 0 Å². The molecule has 2 aliphatic rings. The lowest BCUT2D eigenvalue weighted by Crippen LogP contribution is -2.29. The van der Waals surface area contributed by atoms with Gasteiger partial charge in [-0.1, -0.05) is 0 Å². The van der Waals surface area contributed by atoms with Gasteiger partial charge in [0, 0.05) is 30.7 Å². The summed E-state index contributed by atoms with van der Waals surface area (Å²) in [7, 11) is -2.05. The van der Waals surface area contributed by atoms with Crippen LogP contribution in [-0.4, -0.2) is 50.4 Å². The van der Waals surface area contributed by atoms with Gasteiger partial charge in [-0.15, -0.1) is 0 Å². The molecular formula is C25H22N4O6S. The molecule has 1 unspecified atom stereocenters. The number of ketones is 1. The van der Waals surface area contributed by atoms with Gasteiger partial charge < -0.3 is 14.7 Å². The Morgan fingerprint density at radius 3 is 2.44 bits per heavy atom. The number of aliphatic hydroxyl groups is 1. The summed E-state index contributed by atoms with van der Waals surface area (Å²) in [5, 5.41) is 16.5. The Balaban J connectivity index is 1.67. The number of Topliss-reactive ketones (excluding diaryl/α,β-unsaturated/α-hetero) is 1. The van der Waals surface area contributed by atoms with Gasteiger partial charge in [0.1, 0.15) is 18.1 Å². The van der Waals surface area contributed by atoms with Gasteiger partial charge in [0.05, 0.1) is 28.7 Å². The Morgan fingerprint density at radius 1 is 1.08 bits per heavy atom. The number of aromatic nitrogens is 1. The van der Waals surface area contributed by atoms with Gasteiger partial charge in [-0.3, -0.25) is 19.5 Å². The maximum atomic E-state index is 13.3. The lowest BCUT2D eigenvalue weighted by molar-refractivity contribution is -0.132. The van der Waals surface area contributed by atoms with Crippen LogP contribution < -0.4 is 19.7 Å². The van der Waals surface area contributed by atoms with E-state index >= 15 is 0 Å². The molecule has 0 aliphatic carbocycles. The molecule has 1 amide bonds. The van der Waals surface area contributed by atoms with Crippen molar-refractivity contribution in [2.75, 3.05) is 30.0 Å². The molecular weight excluding hydrogens is 484 g/mol. The van der Waals surface area contributed by atoms with Crippen molar-refractivity contribution in [3.63, 3.8) is 0 Å². The van der Waals surface area contributed by atoms with E-state index in [0.29, 0.717) is 30.0 Å². The molecule has 1 atom stereocenters. The SMILES string of the molecule is CN1CCOc2ccc(/C(O)=C3/C(=O)C(=O)N(c4ccc(S(N)(=O)=O)cc4)C3c3ccncc3)cc21. The highest BCUT2D eigenvalue weighted by atomic mass is 32.2. The summed E-state index contributed by atoms with van der Waals surface area (Å²) >= 11 is 0. The van der Waals surface area contributed by atoms with Crippen LogP contribution in [0.15, 0.2) is 77.5 Å². The first kappa shape index (κ1) is 23.5. The number of ether oxygens (including phenoxy) is 1. The third-order valence-electron chi connectivity index (χ3n) is 6.24. The van der Waals surface area contributed by atoms with Crippen LogP contribution in [-0.2, 0) is 19.6 Å². The highest BCUT2D eigenvalue weighted by Crippen LogP contribution is 2.43. The van der Waals surface area contributed by atoms with Gasteiger partial charge >= 0.3 is 0 Å². The second-order valence-corrected chi connectivity index (χ2v) is 10.0. The lowest BCUT2D eigenvalue weighted by atomic mass is 9.95. The van der Waals surface area contributed by atoms with Gasteiger partial charge in [0.15, 0.2) is 0 Å². The third-order valence-corrected chi connectivity index (χ3v) is 7.17. The number of carbonyl (C=O) groups is 2. The zero-order valence-corrected chi connectivity index (χ0v) is 20.0. The van der Waals surface area contributed by atoms with Crippen molar-refractivity contribution < 1.29 is 27.9 Å². The molecule has 0 bridgehead atoms. The summed E-state index contributed by atoms with van der Waals surface area (Å²) in [6.45, 7) is 1.19. The van der Waals surface area contributed by atoms with E-state index in [2.05, 4.69) is 4.98 Å². The lowest BCUT2D eigenvalue weighted by Gasteiger charge is -2.28. The zero-order chi connectivity index (χ0) is 25.6. The van der Waals surface area contributed by atoms with Crippen LogP contribution in [0.25, 0.3) is 5.76 Å². The molecule has 1 saturated heterocycles. The van der Waals surface area contributed by atoms with Crippen LogP contribution in [0.4, 0.5) is 11.4 Å². The van der Waals surface area contributed by atoms with E-state index in [4.69, 9.17) is 9.88 Å². The molecule has 1 fully saturated rings. The number of fused-ring (bicyclic) bond motifs is 1. The topological polar surface area (TPSA) is 143 Å². The number of benzene rings is 2. The summed E-state index contributed by atoms with van der Waals surface area (Å²) < 4.78 is 29.0. The molecule has 0 spiro atoms. The smallest absolute Gasteiger partial charge is 0.300 e. The highest BCUT2D eigenvalue weighted by molar-refractivity contribution is 7.89. The number of rotatable bonds is 4. The molecule has 0 radical (unpaired) electrons. The number of nitrogens with zero attached hydrogens (tertiary/aromatic N) is 3. The van der Waals surface area contributed by atoms with E-state index in [-0.39, 0.29) is 21.9 Å². The Bertz CT molecular complexity index is 1500. The largest absolute Gasteiger partial charge is 0.507 e. The average Bonchev–Trinajstić information content (AvgIpc) is 3.14. The highest BCUT2D eigenvalue weighted by Gasteiger charge is 2.47. The minimum absolute atomic E-state index is 0.0962. The quantitative estimate of drug-likeness (QED) is 0.311. The molecule has 10 nitrogen and oxygen atoms in total. The van der Waals surface area contributed by atoms with E-state index in [9.17, 15) is 23.1 Å². The normalized spacial score (nSPS) is 19.2. The van der Waals surface area contributed by atoms with Gasteiger partial charge in [0.25, 0.3) is 11.7 Å². The van der Waals surface area contributed by atoms with E-state index in [0.717, 1.165) is 5.69 Å². The number of pyridine rings is 1. The van der Waals surface area contributed by atoms with E-state index in [1.807, 2.05) is 11.9 Å². The number of aliphatic hydroxyl groups excluding tert-OH is 1. The molecule has 184 valence electrons. The molecule has 1 aromatic heterocycles. The van der Waals surface area contributed by atoms with Crippen molar-refractivity contribution in [3.05, 3.63) is 83.7 Å². The van der Waals surface area contributed by atoms with Crippen molar-refractivity contribution in [3.8, 4) is 5.75 Å². The number of likely N-dealkylation sites (N-methyl/N-ethyl adjacent to an activating group) is 1. The molecule has 0 saturated carbocycles. The van der Waals surface area contributed by atoms with Crippen LogP contribution in [0.1, 0.15) is 17.2 Å². The van der Waals surface area contributed by atoms with Crippen molar-refractivity contribution >= 4 is 38.8 Å². The number of carbonyl (C=O) groups excluding carboxylic acids is 2. The summed E-state index contributed by atoms with van der Waals surface area (Å²) in [6, 6.07) is 12.7.